The van der Waals surface area contributed by atoms with E-state index < -0.39 is 17.5 Å². The topological polar surface area (TPSA) is 76.0 Å². The van der Waals surface area contributed by atoms with E-state index in [0.717, 1.165) is 6.20 Å². The third-order valence-electron chi connectivity index (χ3n) is 1.82. The molecule has 0 aromatic carbocycles. The minimum absolute atomic E-state index is 0.236. The maximum atomic E-state index is 12.5. The summed E-state index contributed by atoms with van der Waals surface area (Å²) in [5.74, 6) is 0. The number of alkyl halides is 2. The molecule has 76 valence electrons. The van der Waals surface area contributed by atoms with E-state index in [2.05, 4.69) is 4.98 Å². The Morgan fingerprint density at radius 2 is 2.21 bits per heavy atom. The zero-order chi connectivity index (χ0) is 10.7. The van der Waals surface area contributed by atoms with Crippen molar-refractivity contribution in [2.24, 2.45) is 5.73 Å². The molecule has 0 bridgehead atoms. The van der Waals surface area contributed by atoms with Crippen molar-refractivity contribution in [2.45, 2.75) is 13.0 Å². The van der Waals surface area contributed by atoms with E-state index >= 15 is 0 Å². The van der Waals surface area contributed by atoms with Crippen LogP contribution in [0.1, 0.15) is 27.9 Å². The standard InChI is InChI=1S/C8H8F2N2O2/c9-7(10)6-4(3-13)2-12-8(14)5(6)1-11/h2-3,7H,1,11H2,(H,12,14). The van der Waals surface area contributed by atoms with Crippen LogP contribution in [0.25, 0.3) is 0 Å². The van der Waals surface area contributed by atoms with Gasteiger partial charge >= 0.3 is 0 Å². The number of rotatable bonds is 3. The molecule has 0 fully saturated rings. The van der Waals surface area contributed by atoms with Crippen molar-refractivity contribution in [1.29, 1.82) is 0 Å². The number of carbonyl (C=O) groups excluding carboxylic acids is 1. The number of nitrogens with one attached hydrogen (secondary N) is 1. The van der Waals surface area contributed by atoms with Crippen molar-refractivity contribution >= 4 is 6.29 Å². The highest BCUT2D eigenvalue weighted by Gasteiger charge is 2.19. The number of pyridine rings is 1. The van der Waals surface area contributed by atoms with Gasteiger partial charge in [0.15, 0.2) is 6.29 Å². The first-order valence-corrected chi connectivity index (χ1v) is 3.79. The fourth-order valence-corrected chi connectivity index (χ4v) is 1.16. The lowest BCUT2D eigenvalue weighted by Gasteiger charge is -2.07. The van der Waals surface area contributed by atoms with Crippen LogP contribution in [0, 0.1) is 0 Å². The molecule has 3 N–H and O–H groups in total. The Labute approximate surface area is 77.7 Å². The fraction of sp³-hybridized carbons (Fsp3) is 0.250. The lowest BCUT2D eigenvalue weighted by atomic mass is 10.1. The molecule has 0 spiro atoms. The van der Waals surface area contributed by atoms with Gasteiger partial charge in [0.05, 0.1) is 0 Å². The van der Waals surface area contributed by atoms with Crippen LogP contribution in [-0.4, -0.2) is 11.3 Å². The van der Waals surface area contributed by atoms with Gasteiger partial charge in [-0.15, -0.1) is 0 Å². The second-order valence-corrected chi connectivity index (χ2v) is 2.59. The molecule has 0 unspecified atom stereocenters. The molecule has 0 aliphatic rings. The molecule has 1 rings (SSSR count). The van der Waals surface area contributed by atoms with Gasteiger partial charge in [0.2, 0.25) is 0 Å². The van der Waals surface area contributed by atoms with Crippen molar-refractivity contribution in [3.8, 4) is 0 Å². The van der Waals surface area contributed by atoms with Crippen molar-refractivity contribution in [1.82, 2.24) is 4.98 Å². The number of aromatic nitrogens is 1. The van der Waals surface area contributed by atoms with E-state index in [1.807, 2.05) is 0 Å². The number of hydrogen-bond donors (Lipinski definition) is 2. The van der Waals surface area contributed by atoms with E-state index in [4.69, 9.17) is 5.73 Å². The summed E-state index contributed by atoms with van der Waals surface area (Å²) in [5.41, 5.74) is 3.40. The molecular formula is C8H8F2N2O2. The van der Waals surface area contributed by atoms with Gasteiger partial charge in [-0.1, -0.05) is 0 Å². The Balaban J connectivity index is 3.51. The summed E-state index contributed by atoms with van der Waals surface area (Å²) >= 11 is 0. The summed E-state index contributed by atoms with van der Waals surface area (Å²) in [5, 5.41) is 0. The monoisotopic (exact) mass is 202 g/mol. The van der Waals surface area contributed by atoms with Gasteiger partial charge in [-0.25, -0.2) is 8.78 Å². The summed E-state index contributed by atoms with van der Waals surface area (Å²) in [7, 11) is 0. The SMILES string of the molecule is NCc1c(C(F)F)c(C=O)c[nH]c1=O. The molecule has 0 amide bonds. The zero-order valence-electron chi connectivity index (χ0n) is 7.09. The van der Waals surface area contributed by atoms with E-state index in [1.54, 1.807) is 0 Å². The molecule has 1 aromatic heterocycles. The lowest BCUT2D eigenvalue weighted by Crippen LogP contribution is -2.20. The Bertz CT molecular complexity index is 401. The zero-order valence-corrected chi connectivity index (χ0v) is 7.09. The first-order valence-electron chi connectivity index (χ1n) is 3.79. The quantitative estimate of drug-likeness (QED) is 0.704. The molecular weight excluding hydrogens is 194 g/mol. The molecule has 14 heavy (non-hydrogen) atoms. The van der Waals surface area contributed by atoms with Gasteiger partial charge in [-0.2, -0.15) is 0 Å². The number of hydrogen-bond acceptors (Lipinski definition) is 3. The number of aromatic amines is 1. The highest BCUT2D eigenvalue weighted by molar-refractivity contribution is 5.77. The number of nitrogens with two attached hydrogens (primary N) is 1. The first-order chi connectivity index (χ1) is 6.61. The van der Waals surface area contributed by atoms with Crippen LogP contribution in [0.2, 0.25) is 0 Å². The van der Waals surface area contributed by atoms with Crippen LogP contribution in [0.4, 0.5) is 8.78 Å². The van der Waals surface area contributed by atoms with Gasteiger partial charge in [0.1, 0.15) is 0 Å². The molecule has 0 saturated heterocycles. The van der Waals surface area contributed by atoms with Crippen LogP contribution in [0.5, 0.6) is 0 Å². The maximum Gasteiger partial charge on any atom is 0.265 e. The minimum atomic E-state index is -2.88. The number of H-pyrrole nitrogens is 1. The van der Waals surface area contributed by atoms with Gasteiger partial charge in [-0.05, 0) is 0 Å². The Hall–Kier alpha value is -1.56. The van der Waals surface area contributed by atoms with Crippen LogP contribution in [0.3, 0.4) is 0 Å². The Morgan fingerprint density at radius 3 is 2.64 bits per heavy atom. The van der Waals surface area contributed by atoms with E-state index in [1.165, 1.54) is 0 Å². The molecule has 0 aliphatic carbocycles. The largest absolute Gasteiger partial charge is 0.328 e. The van der Waals surface area contributed by atoms with E-state index in [9.17, 15) is 18.4 Å². The van der Waals surface area contributed by atoms with Crippen LogP contribution < -0.4 is 11.3 Å². The molecule has 6 heteroatoms. The molecule has 0 atom stereocenters. The fourth-order valence-electron chi connectivity index (χ4n) is 1.16. The molecule has 0 aliphatic heterocycles. The predicted molar refractivity (Wildman–Crippen MR) is 45.3 cm³/mol. The van der Waals surface area contributed by atoms with Gasteiger partial charge < -0.3 is 10.7 Å². The Kier molecular flexibility index (Phi) is 3.08. The highest BCUT2D eigenvalue weighted by Crippen LogP contribution is 2.23. The third kappa shape index (κ3) is 1.69. The van der Waals surface area contributed by atoms with Crippen molar-refractivity contribution < 1.29 is 13.6 Å². The third-order valence-corrected chi connectivity index (χ3v) is 1.82. The normalized spacial score (nSPS) is 10.6. The summed E-state index contributed by atoms with van der Waals surface area (Å²) in [6.07, 6.45) is -1.66. The molecule has 0 saturated carbocycles. The Morgan fingerprint density at radius 1 is 1.57 bits per heavy atom. The highest BCUT2D eigenvalue weighted by atomic mass is 19.3. The summed E-state index contributed by atoms with van der Waals surface area (Å²) in [4.78, 5) is 23.6. The average Bonchev–Trinajstić information content (AvgIpc) is 2.17. The van der Waals surface area contributed by atoms with E-state index in [-0.39, 0.29) is 24.0 Å². The second-order valence-electron chi connectivity index (χ2n) is 2.59. The summed E-state index contributed by atoms with van der Waals surface area (Å²) < 4.78 is 24.9. The number of aldehydes is 1. The minimum Gasteiger partial charge on any atom is -0.328 e. The van der Waals surface area contributed by atoms with E-state index in [0.29, 0.717) is 0 Å². The molecule has 4 nitrogen and oxygen atoms in total. The van der Waals surface area contributed by atoms with Gasteiger partial charge in [0.25, 0.3) is 12.0 Å². The maximum absolute atomic E-state index is 12.5. The van der Waals surface area contributed by atoms with Crippen LogP contribution in [0.15, 0.2) is 11.0 Å². The van der Waals surface area contributed by atoms with Gasteiger partial charge in [-0.3, -0.25) is 9.59 Å². The number of halogens is 2. The molecule has 0 radical (unpaired) electrons. The molecule has 1 heterocycles. The van der Waals surface area contributed by atoms with Crippen molar-refractivity contribution in [3.63, 3.8) is 0 Å². The average molecular weight is 202 g/mol. The number of carbonyl (C=O) groups is 1. The smallest absolute Gasteiger partial charge is 0.265 e. The van der Waals surface area contributed by atoms with Crippen molar-refractivity contribution in [2.75, 3.05) is 0 Å². The summed E-state index contributed by atoms with van der Waals surface area (Å²) in [6.45, 7) is -0.323. The molecule has 1 aromatic rings. The second kappa shape index (κ2) is 4.10. The first kappa shape index (κ1) is 10.5. The predicted octanol–water partition coefficient (Wildman–Crippen LogP) is 0.584. The summed E-state index contributed by atoms with van der Waals surface area (Å²) in [6, 6.07) is 0. The van der Waals surface area contributed by atoms with Crippen molar-refractivity contribution in [3.05, 3.63) is 33.2 Å². The van der Waals surface area contributed by atoms with Crippen LogP contribution >= 0.6 is 0 Å². The lowest BCUT2D eigenvalue weighted by molar-refractivity contribution is 0.110. The van der Waals surface area contributed by atoms with Gasteiger partial charge in [0, 0.05) is 29.4 Å². The van der Waals surface area contributed by atoms with Crippen LogP contribution in [-0.2, 0) is 6.54 Å².